The Morgan fingerprint density at radius 2 is 2.00 bits per heavy atom. The zero-order chi connectivity index (χ0) is 22.9. The molecule has 2 aromatic heterocycles. The first kappa shape index (κ1) is 22.7. The van der Waals surface area contributed by atoms with Crippen molar-refractivity contribution >= 4 is 38.9 Å². The molecule has 31 heavy (non-hydrogen) atoms. The Kier molecular flexibility index (Phi) is 6.34. The maximum absolute atomic E-state index is 12.5. The molecule has 3 rings (SSSR count). The number of anilines is 3. The van der Waals surface area contributed by atoms with Gasteiger partial charge in [-0.1, -0.05) is 23.2 Å². The summed E-state index contributed by atoms with van der Waals surface area (Å²) in [6.45, 7) is 3.73. The van der Waals surface area contributed by atoms with Gasteiger partial charge < -0.3 is 20.0 Å². The number of rotatable bonds is 8. The normalized spacial score (nSPS) is 12.8. The van der Waals surface area contributed by atoms with Gasteiger partial charge in [0.15, 0.2) is 5.75 Å². The van der Waals surface area contributed by atoms with Crippen molar-refractivity contribution in [2.24, 2.45) is 0 Å². The average molecular weight is 473 g/mol. The van der Waals surface area contributed by atoms with Crippen LogP contribution in [0, 0.1) is 6.92 Å². The van der Waals surface area contributed by atoms with Gasteiger partial charge in [0.25, 0.3) is 0 Å². The van der Waals surface area contributed by atoms with Crippen LogP contribution >= 0.6 is 11.6 Å². The molecule has 11 nitrogen and oxygen atoms in total. The summed E-state index contributed by atoms with van der Waals surface area (Å²) in [6, 6.07) is 6.00. The Labute approximate surface area is 183 Å². The lowest BCUT2D eigenvalue weighted by molar-refractivity contribution is -1.03. The molecule has 3 aromatic rings. The van der Waals surface area contributed by atoms with E-state index < -0.39 is 20.7 Å². The minimum atomic E-state index is -4.03. The van der Waals surface area contributed by atoms with Crippen LogP contribution in [0.1, 0.15) is 30.9 Å². The van der Waals surface area contributed by atoms with Crippen LogP contribution in [-0.2, 0) is 10.0 Å². The van der Waals surface area contributed by atoms with E-state index in [1.165, 1.54) is 26.2 Å². The minimum Gasteiger partial charge on any atom is -0.504 e. The van der Waals surface area contributed by atoms with Crippen LogP contribution in [0.4, 0.5) is 17.3 Å². The summed E-state index contributed by atoms with van der Waals surface area (Å²) in [4.78, 5) is -0.0536. The smallest absolute Gasteiger partial charge is 0.366 e. The highest BCUT2D eigenvalue weighted by molar-refractivity contribution is 7.89. The number of nitrogens with one attached hydrogen (secondary N) is 2. The minimum absolute atomic E-state index is 0.00458. The van der Waals surface area contributed by atoms with Crippen LogP contribution in [0.15, 0.2) is 38.2 Å². The molecule has 4 N–H and O–H groups in total. The van der Waals surface area contributed by atoms with Crippen molar-refractivity contribution in [1.82, 2.24) is 9.46 Å². The van der Waals surface area contributed by atoms with Crippen LogP contribution < -0.4 is 15.5 Å². The number of aromatic nitrogens is 2. The number of furan rings is 1. The summed E-state index contributed by atoms with van der Waals surface area (Å²) < 4.78 is 36.4. The first-order valence-electron chi connectivity index (χ1n) is 9.21. The Bertz CT molecular complexity index is 1190. The van der Waals surface area contributed by atoms with Crippen LogP contribution in [0.3, 0.4) is 0 Å². The largest absolute Gasteiger partial charge is 0.504 e. The summed E-state index contributed by atoms with van der Waals surface area (Å²) in [5.74, 6) is 0.799. The number of halogens is 1. The Morgan fingerprint density at radius 3 is 2.58 bits per heavy atom. The fourth-order valence-electron chi connectivity index (χ4n) is 2.84. The van der Waals surface area contributed by atoms with Crippen molar-refractivity contribution in [3.63, 3.8) is 0 Å². The Hall–Kier alpha value is -2.96. The van der Waals surface area contributed by atoms with Crippen LogP contribution in [-0.4, -0.2) is 42.3 Å². The first-order chi connectivity index (χ1) is 14.6. The number of hydrogen-bond donors (Lipinski definition) is 4. The monoisotopic (exact) mass is 472 g/mol. The molecule has 0 aliphatic carbocycles. The fourth-order valence-corrected chi connectivity index (χ4v) is 4.32. The molecule has 0 bridgehead atoms. The van der Waals surface area contributed by atoms with Gasteiger partial charge in [0.2, 0.25) is 10.0 Å². The topological polar surface area (TPSA) is 145 Å². The zero-order valence-corrected chi connectivity index (χ0v) is 18.8. The van der Waals surface area contributed by atoms with Gasteiger partial charge in [-0.2, -0.15) is 0 Å². The molecule has 13 heteroatoms. The molecule has 0 saturated carbocycles. The molecule has 0 aliphatic rings. The highest BCUT2D eigenvalue weighted by Crippen LogP contribution is 2.39. The van der Waals surface area contributed by atoms with E-state index in [4.69, 9.17) is 20.6 Å². The van der Waals surface area contributed by atoms with Gasteiger partial charge in [0.1, 0.15) is 32.5 Å². The van der Waals surface area contributed by atoms with E-state index >= 15 is 0 Å². The summed E-state index contributed by atoms with van der Waals surface area (Å²) >= 11 is 6.03. The zero-order valence-electron chi connectivity index (χ0n) is 17.2. The predicted molar refractivity (Wildman–Crippen MR) is 111 cm³/mol. The van der Waals surface area contributed by atoms with Gasteiger partial charge in [0, 0.05) is 14.1 Å². The lowest BCUT2D eigenvalue weighted by Gasteiger charge is -2.16. The van der Waals surface area contributed by atoms with Crippen LogP contribution in [0.5, 0.6) is 5.75 Å². The highest BCUT2D eigenvalue weighted by atomic mass is 35.5. The number of benzene rings is 1. The third kappa shape index (κ3) is 4.40. The number of aryl methyl sites for hydroxylation is 1. The Morgan fingerprint density at radius 1 is 1.29 bits per heavy atom. The molecule has 0 saturated heterocycles. The summed E-state index contributed by atoms with van der Waals surface area (Å²) in [6.07, 6.45) is 0.606. The van der Waals surface area contributed by atoms with Crippen molar-refractivity contribution in [3.05, 3.63) is 40.8 Å². The highest BCUT2D eigenvalue weighted by Gasteiger charge is 2.31. The van der Waals surface area contributed by atoms with E-state index in [0.29, 0.717) is 17.1 Å². The quantitative estimate of drug-likeness (QED) is 0.287. The molecule has 0 radical (unpaired) electrons. The number of aromatic hydroxyl groups is 1. The fraction of sp³-hybridized carbons (Fsp3) is 0.333. The lowest BCUT2D eigenvalue weighted by atomic mass is 10.2. The standard InChI is InChI=1S/C18H22ClN5O6S/c1-5-12(14-9-6-10(2)29-14)21-18-17(22-30-24(18)26)20-13-8-7-11(19)16(15(13)25)31(27,28)23(3)4/h6-9,12,26H,5H2,1-4H3,(H2,20,21,22,25)/p+1/t12-/m1/s1. The summed E-state index contributed by atoms with van der Waals surface area (Å²) in [7, 11) is -1.39. The van der Waals surface area contributed by atoms with Crippen molar-refractivity contribution in [2.75, 3.05) is 24.7 Å². The van der Waals surface area contributed by atoms with Crippen molar-refractivity contribution in [1.29, 1.82) is 0 Å². The SMILES string of the molecule is CC[C@@H](Nc1c(Nc2ccc(Cl)c(S(=O)(=O)N(C)C)c2O)no[n+]1O)c1ccc(C)o1. The number of phenols is 1. The Balaban J connectivity index is 1.97. The number of hydrogen-bond acceptors (Lipinski definition) is 9. The second-order valence-electron chi connectivity index (χ2n) is 6.88. The third-order valence-corrected chi connectivity index (χ3v) is 6.84. The maximum Gasteiger partial charge on any atom is 0.366 e. The predicted octanol–water partition coefficient (Wildman–Crippen LogP) is 3.02. The number of nitrogens with zero attached hydrogens (tertiary/aromatic N) is 3. The summed E-state index contributed by atoms with van der Waals surface area (Å²) in [5.41, 5.74) is -0.0105. The van der Waals surface area contributed by atoms with Gasteiger partial charge in [-0.25, -0.2) is 12.7 Å². The van der Waals surface area contributed by atoms with E-state index in [-0.39, 0.29) is 28.4 Å². The first-order valence-corrected chi connectivity index (χ1v) is 11.0. The van der Waals surface area contributed by atoms with Gasteiger partial charge in [-0.3, -0.25) is 5.32 Å². The second-order valence-corrected chi connectivity index (χ2v) is 9.38. The van der Waals surface area contributed by atoms with Gasteiger partial charge in [0.05, 0.1) is 10.7 Å². The third-order valence-electron chi connectivity index (χ3n) is 4.52. The molecule has 2 heterocycles. The van der Waals surface area contributed by atoms with E-state index in [9.17, 15) is 18.7 Å². The van der Waals surface area contributed by atoms with Crippen LogP contribution in [0.2, 0.25) is 5.02 Å². The van der Waals surface area contributed by atoms with E-state index in [1.54, 1.807) is 0 Å². The van der Waals surface area contributed by atoms with E-state index in [1.807, 2.05) is 26.0 Å². The molecule has 0 spiro atoms. The number of sulfonamides is 1. The maximum atomic E-state index is 12.5. The van der Waals surface area contributed by atoms with Gasteiger partial charge >= 0.3 is 11.6 Å². The van der Waals surface area contributed by atoms with Crippen LogP contribution in [0.25, 0.3) is 0 Å². The summed E-state index contributed by atoms with van der Waals surface area (Å²) in [5, 5.41) is 30.0. The molecule has 0 fully saturated rings. The van der Waals surface area contributed by atoms with Crippen molar-refractivity contribution < 1.29 is 32.7 Å². The molecular formula is C18H23ClN5O6S+. The second kappa shape index (κ2) is 8.65. The molecule has 168 valence electrons. The molecule has 1 atom stereocenters. The molecule has 1 aromatic carbocycles. The van der Waals surface area contributed by atoms with Gasteiger partial charge in [-0.15, -0.1) is 0 Å². The molecule has 0 unspecified atom stereocenters. The molecule has 0 amide bonds. The van der Waals surface area contributed by atoms with Gasteiger partial charge in [-0.05, 0) is 37.6 Å². The lowest BCUT2D eigenvalue weighted by Crippen LogP contribution is -2.32. The van der Waals surface area contributed by atoms with E-state index in [2.05, 4.69) is 15.8 Å². The van der Waals surface area contributed by atoms with Crippen molar-refractivity contribution in [2.45, 2.75) is 31.2 Å². The average Bonchev–Trinajstić information content (AvgIpc) is 3.27. The molecule has 0 aliphatic heterocycles. The molecular weight excluding hydrogens is 450 g/mol. The van der Waals surface area contributed by atoms with Crippen molar-refractivity contribution in [3.8, 4) is 5.75 Å². The van der Waals surface area contributed by atoms with E-state index in [0.717, 1.165) is 10.1 Å². The number of phenolic OH excluding ortho intramolecular Hbond substituents is 1.